The molecule has 0 aromatic carbocycles. The highest BCUT2D eigenvalue weighted by Crippen LogP contribution is 2.39. The summed E-state index contributed by atoms with van der Waals surface area (Å²) in [6, 6.07) is -3.49. The third-order valence-corrected chi connectivity index (χ3v) is 4.30. The van der Waals surface area contributed by atoms with Crippen LogP contribution in [0.15, 0.2) is 4.99 Å². The van der Waals surface area contributed by atoms with Gasteiger partial charge in [-0.15, -0.1) is 0 Å². The lowest BCUT2D eigenvalue weighted by molar-refractivity contribution is -0.275. The third kappa shape index (κ3) is 4.52. The molecular formula is C15H20F2N4O8. The van der Waals surface area contributed by atoms with Crippen LogP contribution < -0.4 is 16.8 Å². The number of rotatable bonds is 4. The molecule has 12 nitrogen and oxygen atoms in total. The lowest BCUT2D eigenvalue weighted by Gasteiger charge is -2.45. The number of nitrogens with one attached hydrogen (secondary N) is 1. The van der Waals surface area contributed by atoms with Gasteiger partial charge in [0.25, 0.3) is 0 Å². The minimum absolute atomic E-state index is 0.564. The topological polar surface area (TPSA) is 193 Å². The molecule has 4 unspecified atom stereocenters. The largest absolute Gasteiger partial charge is 0.477 e. The number of amides is 1. The molecule has 0 aromatic heterocycles. The van der Waals surface area contributed by atoms with E-state index >= 15 is 0 Å². The number of aliphatic imine (C=N–C) groups is 1. The standard InChI is InChI=1S/C15H20F2N4O8/c1-4(22)27-6-3-7(24)20-8-9(21-14(18)19)12(16)15(17,13(25)26)29-11(8)10(6)28-5(2)23/h6,8-12H,3H2,1-2H3,(H,20,24)(H,25,26)(H4,18,19,21)/t6-,8?,9?,10-,11?,12?,15-/m1/s1. The summed E-state index contributed by atoms with van der Waals surface area (Å²) < 4.78 is 44.6. The van der Waals surface area contributed by atoms with Gasteiger partial charge in [-0.2, -0.15) is 4.39 Å². The molecule has 2 aliphatic heterocycles. The van der Waals surface area contributed by atoms with Gasteiger partial charge in [-0.3, -0.25) is 14.4 Å². The number of carbonyl (C=O) groups excluding carboxylic acids is 3. The van der Waals surface area contributed by atoms with Crippen molar-refractivity contribution >= 4 is 29.8 Å². The predicted octanol–water partition coefficient (Wildman–Crippen LogP) is -2.13. The fourth-order valence-electron chi connectivity index (χ4n) is 3.27. The predicted molar refractivity (Wildman–Crippen MR) is 88.5 cm³/mol. The van der Waals surface area contributed by atoms with E-state index in [0.717, 1.165) is 13.8 Å². The summed E-state index contributed by atoms with van der Waals surface area (Å²) in [4.78, 5) is 50.1. The molecule has 0 aromatic rings. The van der Waals surface area contributed by atoms with Crippen LogP contribution in [0.1, 0.15) is 20.3 Å². The summed E-state index contributed by atoms with van der Waals surface area (Å²) in [6.45, 7) is 1.97. The second-order valence-electron chi connectivity index (χ2n) is 6.50. The lowest BCUT2D eigenvalue weighted by Crippen LogP contribution is -2.70. The Kier molecular flexibility index (Phi) is 6.25. The number of halogens is 2. The molecule has 162 valence electrons. The first-order valence-corrected chi connectivity index (χ1v) is 8.33. The lowest BCUT2D eigenvalue weighted by atomic mass is 9.87. The van der Waals surface area contributed by atoms with Crippen molar-refractivity contribution in [3.63, 3.8) is 0 Å². The van der Waals surface area contributed by atoms with Crippen LogP contribution in [0.25, 0.3) is 0 Å². The number of carboxylic acids is 1. The molecule has 0 bridgehead atoms. The molecule has 14 heteroatoms. The second-order valence-corrected chi connectivity index (χ2v) is 6.50. The number of nitrogens with two attached hydrogens (primary N) is 2. The number of aliphatic carboxylic acids is 1. The average Bonchev–Trinajstić information content (AvgIpc) is 2.68. The van der Waals surface area contributed by atoms with E-state index in [1.54, 1.807) is 0 Å². The number of hydrogen-bond donors (Lipinski definition) is 4. The highest BCUT2D eigenvalue weighted by atomic mass is 19.2. The van der Waals surface area contributed by atoms with Crippen molar-refractivity contribution < 1.29 is 47.3 Å². The van der Waals surface area contributed by atoms with Crippen molar-refractivity contribution in [1.29, 1.82) is 0 Å². The molecule has 7 atom stereocenters. The molecule has 1 amide bonds. The van der Waals surface area contributed by atoms with Crippen LogP contribution in [0.5, 0.6) is 0 Å². The molecule has 2 rings (SSSR count). The van der Waals surface area contributed by atoms with E-state index in [1.807, 2.05) is 0 Å². The van der Waals surface area contributed by atoms with Crippen molar-refractivity contribution in [3.8, 4) is 0 Å². The molecule has 2 aliphatic rings. The number of carbonyl (C=O) groups is 4. The fraction of sp³-hybridized carbons (Fsp3) is 0.667. The van der Waals surface area contributed by atoms with Crippen LogP contribution in [0.4, 0.5) is 8.78 Å². The number of ether oxygens (including phenoxy) is 3. The van der Waals surface area contributed by atoms with Crippen LogP contribution >= 0.6 is 0 Å². The number of guanidine groups is 1. The smallest absolute Gasteiger partial charge is 0.372 e. The van der Waals surface area contributed by atoms with Gasteiger partial charge in [0.2, 0.25) is 5.91 Å². The van der Waals surface area contributed by atoms with Gasteiger partial charge in [-0.1, -0.05) is 0 Å². The minimum Gasteiger partial charge on any atom is -0.477 e. The molecule has 0 radical (unpaired) electrons. The summed E-state index contributed by atoms with van der Waals surface area (Å²) in [5.41, 5.74) is 10.5. The molecule has 2 saturated heterocycles. The highest BCUT2D eigenvalue weighted by molar-refractivity contribution is 5.81. The van der Waals surface area contributed by atoms with E-state index in [4.69, 9.17) is 25.7 Å². The van der Waals surface area contributed by atoms with E-state index in [0.29, 0.717) is 0 Å². The first-order valence-electron chi connectivity index (χ1n) is 8.33. The Morgan fingerprint density at radius 1 is 1.28 bits per heavy atom. The summed E-state index contributed by atoms with van der Waals surface area (Å²) in [5.74, 6) is -9.62. The number of fused-ring (bicyclic) bond motifs is 1. The number of carboxylic acid groups (broad SMARTS) is 1. The molecule has 6 N–H and O–H groups in total. The minimum atomic E-state index is -3.95. The Morgan fingerprint density at radius 3 is 2.34 bits per heavy atom. The van der Waals surface area contributed by atoms with Gasteiger partial charge in [-0.05, 0) is 0 Å². The van der Waals surface area contributed by atoms with Gasteiger partial charge in [0.1, 0.15) is 18.2 Å². The maximum absolute atomic E-state index is 15.0. The molecule has 0 saturated carbocycles. The SMILES string of the molecule is CC(=O)O[C@@H]1CC(=O)NC2C(N=C(N)N)C(F)[C@](F)(C(=O)O)OC2[C@@H]1OC(C)=O. The van der Waals surface area contributed by atoms with E-state index < -0.39 is 78.6 Å². The van der Waals surface area contributed by atoms with Crippen molar-refractivity contribution in [1.82, 2.24) is 5.32 Å². The van der Waals surface area contributed by atoms with Crippen molar-refractivity contribution in [3.05, 3.63) is 0 Å². The summed E-state index contributed by atoms with van der Waals surface area (Å²) in [7, 11) is 0. The zero-order valence-electron chi connectivity index (χ0n) is 15.3. The fourth-order valence-corrected chi connectivity index (χ4v) is 3.27. The van der Waals surface area contributed by atoms with Crippen LogP contribution in [0, 0.1) is 0 Å². The number of nitrogens with zero attached hydrogens (tertiary/aromatic N) is 1. The van der Waals surface area contributed by atoms with Gasteiger partial charge in [0, 0.05) is 13.8 Å². The van der Waals surface area contributed by atoms with E-state index in [-0.39, 0.29) is 0 Å². The van der Waals surface area contributed by atoms with Gasteiger partial charge in [0.05, 0.1) is 12.5 Å². The monoisotopic (exact) mass is 422 g/mol. The first kappa shape index (κ1) is 22.3. The van der Waals surface area contributed by atoms with E-state index in [1.165, 1.54) is 0 Å². The number of esters is 2. The van der Waals surface area contributed by atoms with Crippen LogP contribution in [-0.2, 0) is 33.4 Å². The van der Waals surface area contributed by atoms with Gasteiger partial charge >= 0.3 is 23.8 Å². The van der Waals surface area contributed by atoms with E-state index in [2.05, 4.69) is 10.3 Å². The Labute approximate surface area is 162 Å². The molecule has 2 heterocycles. The van der Waals surface area contributed by atoms with Crippen molar-refractivity contribution in [2.75, 3.05) is 0 Å². The Morgan fingerprint density at radius 2 is 1.86 bits per heavy atom. The van der Waals surface area contributed by atoms with Gasteiger partial charge in [-0.25, -0.2) is 14.2 Å². The summed E-state index contributed by atoms with van der Waals surface area (Å²) in [6.07, 6.45) is -8.45. The van der Waals surface area contributed by atoms with Gasteiger partial charge in [0.15, 0.2) is 18.2 Å². The molecule has 0 aliphatic carbocycles. The number of alkyl halides is 2. The van der Waals surface area contributed by atoms with Crippen molar-refractivity contribution in [2.24, 2.45) is 16.5 Å². The zero-order chi connectivity index (χ0) is 22.1. The molecule has 2 fully saturated rings. The first-order chi connectivity index (χ1) is 13.4. The summed E-state index contributed by atoms with van der Waals surface area (Å²) >= 11 is 0. The molecular weight excluding hydrogens is 402 g/mol. The Balaban J connectivity index is 2.62. The van der Waals surface area contributed by atoms with Crippen molar-refractivity contribution in [2.45, 2.75) is 62.7 Å². The average molecular weight is 422 g/mol. The van der Waals surface area contributed by atoms with Crippen LogP contribution in [0.2, 0.25) is 0 Å². The molecule has 0 spiro atoms. The van der Waals surface area contributed by atoms with Crippen LogP contribution in [0.3, 0.4) is 0 Å². The van der Waals surface area contributed by atoms with Crippen LogP contribution in [-0.4, -0.2) is 77.3 Å². The third-order valence-electron chi connectivity index (χ3n) is 4.30. The molecule has 29 heavy (non-hydrogen) atoms. The zero-order valence-corrected chi connectivity index (χ0v) is 15.3. The maximum Gasteiger partial charge on any atom is 0.372 e. The maximum atomic E-state index is 15.0. The summed E-state index contributed by atoms with van der Waals surface area (Å²) in [5, 5.41) is 11.5. The Bertz CT molecular complexity index is 746. The van der Waals surface area contributed by atoms with Gasteiger partial charge < -0.3 is 36.1 Å². The van der Waals surface area contributed by atoms with E-state index in [9.17, 15) is 33.1 Å². The normalized spacial score (nSPS) is 36.6. The quantitative estimate of drug-likeness (QED) is 0.221. The second kappa shape index (κ2) is 8.14. The number of hydrogen-bond acceptors (Lipinski definition) is 8. The Hall–Kier alpha value is -3.03. The highest BCUT2D eigenvalue weighted by Gasteiger charge is 2.65.